The SMILES string of the molecule is Nc1ncnc2c1ncn2[C@@H]1O[C@@]23CO[C@@H]1[C@@H]2O[P@](=O)(S)OC[C@@]12CO[C@@H]([C@H](n4cnc5c(N)ncnc54)O1)[C@@H]2O[P@](=O)(S)OC3. The van der Waals surface area contributed by atoms with Gasteiger partial charge in [-0.25, -0.2) is 39.0 Å². The van der Waals surface area contributed by atoms with Crippen molar-refractivity contribution in [3.63, 3.8) is 0 Å². The monoisotopic (exact) mass is 714 g/mol. The van der Waals surface area contributed by atoms with Crippen molar-refractivity contribution in [1.29, 1.82) is 0 Å². The molecule has 0 spiro atoms. The van der Waals surface area contributed by atoms with Gasteiger partial charge in [0.15, 0.2) is 35.4 Å². The van der Waals surface area contributed by atoms with Crippen LogP contribution in [0.3, 0.4) is 0 Å². The minimum Gasteiger partial charge on any atom is -0.382 e. The first-order valence-corrected chi connectivity index (χ1v) is 19.1. The molecule has 5 fully saturated rings. The summed E-state index contributed by atoms with van der Waals surface area (Å²) in [7, 11) is 0. The predicted molar refractivity (Wildman–Crippen MR) is 159 cm³/mol. The van der Waals surface area contributed by atoms with E-state index < -0.39 is 74.9 Å². The van der Waals surface area contributed by atoms with Crippen molar-refractivity contribution in [1.82, 2.24) is 39.0 Å². The van der Waals surface area contributed by atoms with Crippen molar-refractivity contribution in [2.24, 2.45) is 0 Å². The maximum atomic E-state index is 13.8. The second-order valence-electron chi connectivity index (χ2n) is 11.4. The molecule has 20 nitrogen and oxygen atoms in total. The molecule has 4 bridgehead atoms. The van der Waals surface area contributed by atoms with E-state index in [0.29, 0.717) is 22.3 Å². The van der Waals surface area contributed by atoms with E-state index in [9.17, 15) is 9.13 Å². The standard InChI is InChI=1S/C22H24N10O10P2S2/c23-15-9-17(27-5-25-15)31(7-29-9)19-11-13-21(39-19,1-35-11)3-37-43(33,45)42-14-12-20(32-8-30-10-16(24)26-6-28-18(10)32)40-22(14,2-36-12)4-38-44(34,46)41-13/h5-8,11-14,19-20H,1-4H2,(H,33,45)(H,34,46)(H2,23,25,27)(H2,24,26,28)/t11-,12-,13+,14+,19-,20-,21-,22-,43-,44-/m1/s1. The normalized spacial score (nSPS) is 42.2. The highest BCUT2D eigenvalue weighted by molar-refractivity contribution is 8.44. The van der Waals surface area contributed by atoms with Gasteiger partial charge in [-0.3, -0.25) is 27.2 Å². The third kappa shape index (κ3) is 4.33. The molecule has 5 aliphatic rings. The number of nitrogen functional groups attached to an aromatic ring is 2. The van der Waals surface area contributed by atoms with E-state index >= 15 is 0 Å². The lowest BCUT2D eigenvalue weighted by Crippen LogP contribution is -2.48. The second-order valence-corrected chi connectivity index (χ2v) is 17.2. The zero-order valence-corrected chi connectivity index (χ0v) is 26.8. The first-order valence-electron chi connectivity index (χ1n) is 13.7. The van der Waals surface area contributed by atoms with E-state index in [4.69, 9.17) is 48.5 Å². The minimum atomic E-state index is -4.18. The Morgan fingerprint density at radius 3 is 1.57 bits per heavy atom. The van der Waals surface area contributed by atoms with Gasteiger partial charge in [-0.1, -0.05) is 24.5 Å². The smallest absolute Gasteiger partial charge is 0.382 e. The average Bonchev–Trinajstić information content (AvgIpc) is 3.86. The van der Waals surface area contributed by atoms with E-state index in [1.165, 1.54) is 25.3 Å². The molecular formula is C22H24N10O10P2S2. The summed E-state index contributed by atoms with van der Waals surface area (Å²) in [6.07, 6.45) is -0.188. The Labute approximate surface area is 268 Å². The van der Waals surface area contributed by atoms with Gasteiger partial charge in [-0.15, -0.1) is 0 Å². The summed E-state index contributed by atoms with van der Waals surface area (Å²) < 4.78 is 79.6. The number of hydrogen-bond acceptors (Lipinski definition) is 18. The van der Waals surface area contributed by atoms with Crippen LogP contribution in [0.25, 0.3) is 22.3 Å². The van der Waals surface area contributed by atoms with Crippen LogP contribution in [0.4, 0.5) is 11.6 Å². The lowest BCUT2D eigenvalue weighted by Gasteiger charge is -2.35. The van der Waals surface area contributed by atoms with E-state index in [1.807, 2.05) is 0 Å². The Kier molecular flexibility index (Phi) is 6.47. The molecular weight excluding hydrogens is 690 g/mol. The molecule has 0 unspecified atom stereocenters. The van der Waals surface area contributed by atoms with Crippen LogP contribution in [0.1, 0.15) is 12.5 Å². The van der Waals surface area contributed by atoms with Crippen LogP contribution in [0, 0.1) is 0 Å². The zero-order chi connectivity index (χ0) is 31.6. The first-order chi connectivity index (χ1) is 22.0. The van der Waals surface area contributed by atoms with E-state index in [1.54, 1.807) is 9.13 Å². The lowest BCUT2D eigenvalue weighted by atomic mass is 10.0. The van der Waals surface area contributed by atoms with Gasteiger partial charge < -0.3 is 30.4 Å². The van der Waals surface area contributed by atoms with Crippen LogP contribution < -0.4 is 11.5 Å². The third-order valence-corrected chi connectivity index (χ3v) is 11.9. The molecule has 244 valence electrons. The van der Waals surface area contributed by atoms with E-state index in [0.717, 1.165) is 0 Å². The predicted octanol–water partition coefficient (Wildman–Crippen LogP) is 1.06. The molecule has 0 amide bonds. The van der Waals surface area contributed by atoms with Gasteiger partial charge in [0.1, 0.15) is 59.3 Å². The van der Waals surface area contributed by atoms with Gasteiger partial charge >= 0.3 is 13.6 Å². The fourth-order valence-corrected chi connectivity index (χ4v) is 9.63. The number of rotatable bonds is 2. The number of ether oxygens (including phenoxy) is 4. The third-order valence-electron chi connectivity index (χ3n) is 8.71. The van der Waals surface area contributed by atoms with Crippen molar-refractivity contribution < 1.29 is 46.2 Å². The van der Waals surface area contributed by atoms with Crippen LogP contribution >= 0.6 is 38.1 Å². The second kappa shape index (κ2) is 10.0. The van der Waals surface area contributed by atoms with Crippen molar-refractivity contribution in [3.8, 4) is 0 Å². The Bertz CT molecular complexity index is 1860. The van der Waals surface area contributed by atoms with Gasteiger partial charge in [0.25, 0.3) is 0 Å². The van der Waals surface area contributed by atoms with Crippen molar-refractivity contribution in [3.05, 3.63) is 25.3 Å². The summed E-state index contributed by atoms with van der Waals surface area (Å²) in [6, 6.07) is 0. The number of hydrogen-bond donors (Lipinski definition) is 4. The fraction of sp³-hybridized carbons (Fsp3) is 0.545. The number of imidazole rings is 2. The molecule has 4 N–H and O–H groups in total. The summed E-state index contributed by atoms with van der Waals surface area (Å²) in [5, 5.41) is 0. The van der Waals surface area contributed by atoms with Gasteiger partial charge in [0, 0.05) is 0 Å². The molecule has 9 heterocycles. The Hall–Kier alpha value is -2.46. The van der Waals surface area contributed by atoms with Crippen LogP contribution in [-0.4, -0.2) is 101 Å². The van der Waals surface area contributed by atoms with Gasteiger partial charge in [-0.05, 0) is 0 Å². The van der Waals surface area contributed by atoms with Crippen molar-refractivity contribution >= 4 is 72.1 Å². The zero-order valence-electron chi connectivity index (χ0n) is 23.2. The fourth-order valence-electron chi connectivity index (χ4n) is 6.59. The number of nitrogens with zero attached hydrogens (tertiary/aromatic N) is 8. The molecule has 0 aromatic carbocycles. The van der Waals surface area contributed by atoms with Crippen LogP contribution in [-0.2, 0) is 46.2 Å². The molecule has 9 rings (SSSR count). The maximum absolute atomic E-state index is 13.8. The largest absolute Gasteiger partial charge is 0.386 e. The van der Waals surface area contributed by atoms with Gasteiger partial charge in [-0.2, -0.15) is 0 Å². The van der Waals surface area contributed by atoms with Crippen LogP contribution in [0.15, 0.2) is 25.3 Å². The summed E-state index contributed by atoms with van der Waals surface area (Å²) >= 11 is 8.58. The maximum Gasteiger partial charge on any atom is 0.386 e. The topological polar surface area (TPSA) is 247 Å². The molecule has 0 aliphatic carbocycles. The van der Waals surface area contributed by atoms with E-state index in [-0.39, 0.29) is 24.8 Å². The molecule has 0 radical (unpaired) electrons. The molecule has 10 atom stereocenters. The Balaban J connectivity index is 1.05. The Morgan fingerprint density at radius 2 is 1.13 bits per heavy atom. The Morgan fingerprint density at radius 1 is 0.696 bits per heavy atom. The molecule has 5 saturated heterocycles. The van der Waals surface area contributed by atoms with Crippen molar-refractivity contribution in [2.75, 3.05) is 37.9 Å². The summed E-state index contributed by atoms with van der Waals surface area (Å²) in [6.45, 7) is -9.31. The molecule has 46 heavy (non-hydrogen) atoms. The molecule has 4 aromatic rings. The van der Waals surface area contributed by atoms with Crippen molar-refractivity contribution in [2.45, 2.75) is 48.1 Å². The van der Waals surface area contributed by atoms with Gasteiger partial charge in [0.05, 0.1) is 39.1 Å². The highest BCUT2D eigenvalue weighted by Crippen LogP contribution is 2.65. The quantitative estimate of drug-likeness (QED) is 0.167. The summed E-state index contributed by atoms with van der Waals surface area (Å²) in [4.78, 5) is 25.1. The highest BCUT2D eigenvalue weighted by Gasteiger charge is 2.68. The lowest BCUT2D eigenvalue weighted by molar-refractivity contribution is -0.186. The number of fused-ring (bicyclic) bond motifs is 2. The number of aromatic nitrogens is 8. The number of anilines is 2. The van der Waals surface area contributed by atoms with Gasteiger partial charge in [0.2, 0.25) is 0 Å². The molecule has 0 saturated carbocycles. The molecule has 4 aromatic heterocycles. The number of nitrogens with two attached hydrogens (primary N) is 2. The average molecular weight is 715 g/mol. The summed E-state index contributed by atoms with van der Waals surface area (Å²) in [5.74, 6) is 0.342. The van der Waals surface area contributed by atoms with Crippen LogP contribution in [0.5, 0.6) is 0 Å². The molecule has 5 aliphatic heterocycles. The first kappa shape index (κ1) is 29.7. The minimum absolute atomic E-state index is 0.0763. The number of thiol groups is 2. The summed E-state index contributed by atoms with van der Waals surface area (Å²) in [5.41, 5.74) is 10.5. The van der Waals surface area contributed by atoms with Crippen LogP contribution in [0.2, 0.25) is 0 Å². The molecule has 24 heteroatoms. The van der Waals surface area contributed by atoms with E-state index in [2.05, 4.69) is 54.4 Å². The highest BCUT2D eigenvalue weighted by atomic mass is 32.7.